The van der Waals surface area contributed by atoms with E-state index in [2.05, 4.69) is 46.0 Å². The number of anilines is 1. The Morgan fingerprint density at radius 1 is 1.27 bits per heavy atom. The highest BCUT2D eigenvalue weighted by atomic mass is 79.9. The van der Waals surface area contributed by atoms with Crippen LogP contribution in [0.3, 0.4) is 0 Å². The Kier molecular flexibility index (Phi) is 3.03. The van der Waals surface area contributed by atoms with Gasteiger partial charge >= 0.3 is 0 Å². The number of benzene rings is 1. The van der Waals surface area contributed by atoms with Crippen molar-refractivity contribution >= 4 is 21.6 Å². The van der Waals surface area contributed by atoms with Crippen molar-refractivity contribution in [1.29, 1.82) is 0 Å². The van der Waals surface area contributed by atoms with Crippen molar-refractivity contribution in [3.63, 3.8) is 0 Å². The van der Waals surface area contributed by atoms with Gasteiger partial charge in [0.25, 0.3) is 0 Å². The highest BCUT2D eigenvalue weighted by Gasteiger charge is 2.26. The summed E-state index contributed by atoms with van der Waals surface area (Å²) in [7, 11) is 0. The molecule has 0 aliphatic carbocycles. The van der Waals surface area contributed by atoms with E-state index >= 15 is 0 Å². The molecule has 82 valence electrons. The monoisotopic (exact) mass is 268 g/mol. The maximum absolute atomic E-state index is 6.12. The van der Waals surface area contributed by atoms with Crippen LogP contribution in [0.5, 0.6) is 0 Å². The number of rotatable bonds is 1. The van der Waals surface area contributed by atoms with Crippen LogP contribution in [0.2, 0.25) is 0 Å². The normalized spacial score (nSPS) is 20.3. The first-order valence-electron chi connectivity index (χ1n) is 5.37. The number of hydrogen-bond acceptors (Lipinski definition) is 2. The predicted octanol–water partition coefficient (Wildman–Crippen LogP) is 2.77. The minimum atomic E-state index is 0.0256. The van der Waals surface area contributed by atoms with E-state index in [1.54, 1.807) is 0 Å². The molecule has 1 fully saturated rings. The second kappa shape index (κ2) is 4.14. The van der Waals surface area contributed by atoms with Crippen molar-refractivity contribution in [1.82, 2.24) is 0 Å². The summed E-state index contributed by atoms with van der Waals surface area (Å²) in [5.74, 6) is 0. The molecule has 1 saturated heterocycles. The minimum absolute atomic E-state index is 0.0256. The van der Waals surface area contributed by atoms with E-state index in [0.29, 0.717) is 0 Å². The second-order valence-electron chi connectivity index (χ2n) is 4.59. The first-order chi connectivity index (χ1) is 7.08. The smallest absolute Gasteiger partial charge is 0.0510 e. The Morgan fingerprint density at radius 3 is 2.47 bits per heavy atom. The third-order valence-corrected chi connectivity index (χ3v) is 3.77. The molecule has 3 heteroatoms. The Labute approximate surface area is 99.6 Å². The van der Waals surface area contributed by atoms with E-state index in [4.69, 9.17) is 5.73 Å². The van der Waals surface area contributed by atoms with E-state index in [-0.39, 0.29) is 5.54 Å². The van der Waals surface area contributed by atoms with Gasteiger partial charge in [-0.05, 0) is 47.8 Å². The van der Waals surface area contributed by atoms with Crippen LogP contribution in [0.1, 0.15) is 19.8 Å². The van der Waals surface area contributed by atoms with Gasteiger partial charge in [-0.15, -0.1) is 0 Å². The molecule has 0 aromatic heterocycles. The van der Waals surface area contributed by atoms with Gasteiger partial charge in [-0.3, -0.25) is 0 Å². The van der Waals surface area contributed by atoms with Gasteiger partial charge in [-0.2, -0.15) is 0 Å². The van der Waals surface area contributed by atoms with Gasteiger partial charge < -0.3 is 10.6 Å². The van der Waals surface area contributed by atoms with Gasteiger partial charge in [-0.25, -0.2) is 0 Å². The Hall–Kier alpha value is -0.540. The molecule has 1 heterocycles. The van der Waals surface area contributed by atoms with Crippen LogP contribution in [0.4, 0.5) is 5.69 Å². The third kappa shape index (κ3) is 2.52. The average Bonchev–Trinajstić information content (AvgIpc) is 2.19. The topological polar surface area (TPSA) is 29.3 Å². The number of nitrogens with zero attached hydrogens (tertiary/aromatic N) is 1. The second-order valence-corrected chi connectivity index (χ2v) is 5.45. The summed E-state index contributed by atoms with van der Waals surface area (Å²) in [5, 5.41) is 0. The number of para-hydroxylation sites is 1. The molecule has 0 saturated carbocycles. The standard InChI is InChI=1S/C12H17BrN2/c1-12(14)6-8-15(9-7-12)11-5-3-2-4-10(11)13/h2-5H,6-9,14H2,1H3. The summed E-state index contributed by atoms with van der Waals surface area (Å²) < 4.78 is 1.17. The average molecular weight is 269 g/mol. The van der Waals surface area contributed by atoms with E-state index in [9.17, 15) is 0 Å². The molecular weight excluding hydrogens is 252 g/mol. The summed E-state index contributed by atoms with van der Waals surface area (Å²) in [6.07, 6.45) is 2.13. The summed E-state index contributed by atoms with van der Waals surface area (Å²) in [4.78, 5) is 2.40. The molecule has 15 heavy (non-hydrogen) atoms. The molecule has 0 amide bonds. The predicted molar refractivity (Wildman–Crippen MR) is 68.2 cm³/mol. The molecule has 2 rings (SSSR count). The van der Waals surface area contributed by atoms with Crippen LogP contribution in [0, 0.1) is 0 Å². The molecule has 0 radical (unpaired) electrons. The number of hydrogen-bond donors (Lipinski definition) is 1. The van der Waals surface area contributed by atoms with Crippen molar-refractivity contribution in [2.24, 2.45) is 5.73 Å². The highest BCUT2D eigenvalue weighted by molar-refractivity contribution is 9.10. The van der Waals surface area contributed by atoms with Crippen molar-refractivity contribution in [2.45, 2.75) is 25.3 Å². The summed E-state index contributed by atoms with van der Waals surface area (Å²) in [6, 6.07) is 8.37. The van der Waals surface area contributed by atoms with Crippen LogP contribution in [0.15, 0.2) is 28.7 Å². The molecule has 2 N–H and O–H groups in total. The number of nitrogens with two attached hydrogens (primary N) is 1. The van der Waals surface area contributed by atoms with Gasteiger partial charge in [0.05, 0.1) is 5.69 Å². The highest BCUT2D eigenvalue weighted by Crippen LogP contribution is 2.29. The quantitative estimate of drug-likeness (QED) is 0.849. The summed E-state index contributed by atoms with van der Waals surface area (Å²) in [6.45, 7) is 4.25. The van der Waals surface area contributed by atoms with Gasteiger partial charge in [0.1, 0.15) is 0 Å². The molecule has 0 bridgehead atoms. The van der Waals surface area contributed by atoms with E-state index in [0.717, 1.165) is 25.9 Å². The maximum atomic E-state index is 6.12. The van der Waals surface area contributed by atoms with Crippen molar-refractivity contribution in [3.05, 3.63) is 28.7 Å². The van der Waals surface area contributed by atoms with Crippen LogP contribution < -0.4 is 10.6 Å². The molecular formula is C12H17BrN2. The largest absolute Gasteiger partial charge is 0.370 e. The first-order valence-corrected chi connectivity index (χ1v) is 6.16. The van der Waals surface area contributed by atoms with Crippen LogP contribution >= 0.6 is 15.9 Å². The van der Waals surface area contributed by atoms with Crippen molar-refractivity contribution < 1.29 is 0 Å². The number of halogens is 1. The lowest BCUT2D eigenvalue weighted by Gasteiger charge is -2.38. The Balaban J connectivity index is 2.11. The lowest BCUT2D eigenvalue weighted by atomic mass is 9.91. The lowest BCUT2D eigenvalue weighted by molar-refractivity contribution is 0.364. The molecule has 1 aliphatic heterocycles. The Bertz CT molecular complexity index is 339. The SMILES string of the molecule is CC1(N)CCN(c2ccccc2Br)CC1. The van der Waals surface area contributed by atoms with Gasteiger partial charge in [0, 0.05) is 23.1 Å². The first kappa shape index (κ1) is 11.0. The van der Waals surface area contributed by atoms with Crippen molar-refractivity contribution in [2.75, 3.05) is 18.0 Å². The van der Waals surface area contributed by atoms with Gasteiger partial charge in [0.15, 0.2) is 0 Å². The van der Waals surface area contributed by atoms with Gasteiger partial charge in [-0.1, -0.05) is 12.1 Å². The van der Waals surface area contributed by atoms with E-state index in [1.165, 1.54) is 10.2 Å². The zero-order valence-electron chi connectivity index (χ0n) is 9.04. The molecule has 0 spiro atoms. The fourth-order valence-corrected chi connectivity index (χ4v) is 2.50. The zero-order chi connectivity index (χ0) is 10.9. The van der Waals surface area contributed by atoms with Crippen molar-refractivity contribution in [3.8, 4) is 0 Å². The van der Waals surface area contributed by atoms with E-state index < -0.39 is 0 Å². The maximum Gasteiger partial charge on any atom is 0.0510 e. The molecule has 1 aliphatic rings. The lowest BCUT2D eigenvalue weighted by Crippen LogP contribution is -2.48. The minimum Gasteiger partial charge on any atom is -0.370 e. The van der Waals surface area contributed by atoms with Crippen LogP contribution in [0.25, 0.3) is 0 Å². The van der Waals surface area contributed by atoms with E-state index in [1.807, 2.05) is 6.07 Å². The molecule has 1 aromatic rings. The summed E-state index contributed by atoms with van der Waals surface area (Å²) in [5.41, 5.74) is 7.43. The Morgan fingerprint density at radius 2 is 1.87 bits per heavy atom. The van der Waals surface area contributed by atoms with Crippen LogP contribution in [-0.2, 0) is 0 Å². The molecule has 0 atom stereocenters. The summed E-state index contributed by atoms with van der Waals surface area (Å²) >= 11 is 3.59. The molecule has 2 nitrogen and oxygen atoms in total. The van der Waals surface area contributed by atoms with Gasteiger partial charge in [0.2, 0.25) is 0 Å². The fourth-order valence-electron chi connectivity index (χ4n) is 1.97. The zero-order valence-corrected chi connectivity index (χ0v) is 10.6. The molecule has 0 unspecified atom stereocenters. The molecule has 1 aromatic carbocycles. The fraction of sp³-hybridized carbons (Fsp3) is 0.500. The number of piperidine rings is 1. The third-order valence-electron chi connectivity index (χ3n) is 3.10. The van der Waals surface area contributed by atoms with Crippen LogP contribution in [-0.4, -0.2) is 18.6 Å².